The van der Waals surface area contributed by atoms with Gasteiger partial charge in [0.05, 0.1) is 18.3 Å². The Balaban J connectivity index is 2.18. The Hall–Kier alpha value is -0.820. The van der Waals surface area contributed by atoms with Crippen molar-refractivity contribution in [1.82, 2.24) is 9.78 Å². The van der Waals surface area contributed by atoms with Crippen LogP contribution in [-0.4, -0.2) is 9.78 Å². The van der Waals surface area contributed by atoms with Gasteiger partial charge in [-0.25, -0.2) is 0 Å². The summed E-state index contributed by atoms with van der Waals surface area (Å²) in [5, 5.41) is 5.55. The van der Waals surface area contributed by atoms with E-state index in [9.17, 15) is 13.2 Å². The second-order valence-electron chi connectivity index (χ2n) is 3.12. The molecule has 0 atom stereocenters. The third-order valence-electron chi connectivity index (χ3n) is 1.96. The van der Waals surface area contributed by atoms with Crippen LogP contribution < -0.4 is 0 Å². The third-order valence-corrected chi connectivity index (χ3v) is 3.87. The molecule has 0 bridgehead atoms. The molecule has 16 heavy (non-hydrogen) atoms. The van der Waals surface area contributed by atoms with Gasteiger partial charge in [0.1, 0.15) is 0 Å². The number of thiophene rings is 1. The third kappa shape index (κ3) is 2.46. The lowest BCUT2D eigenvalue weighted by Gasteiger charge is -2.01. The second kappa shape index (κ2) is 4.21. The molecule has 0 spiro atoms. The minimum atomic E-state index is -4.33. The monoisotopic (exact) mass is 310 g/mol. The quantitative estimate of drug-likeness (QED) is 0.825. The number of hydrogen-bond acceptors (Lipinski definition) is 2. The van der Waals surface area contributed by atoms with Crippen LogP contribution in [0, 0.1) is 0 Å². The maximum absolute atomic E-state index is 12.3. The van der Waals surface area contributed by atoms with Crippen molar-refractivity contribution < 1.29 is 13.2 Å². The summed E-state index contributed by atoms with van der Waals surface area (Å²) in [4.78, 5) is 0.942. The molecule has 2 nitrogen and oxygen atoms in total. The molecule has 86 valence electrons. The van der Waals surface area contributed by atoms with Gasteiger partial charge in [-0.3, -0.25) is 4.68 Å². The lowest BCUT2D eigenvalue weighted by molar-refractivity contribution is -0.137. The molecule has 0 aliphatic carbocycles. The van der Waals surface area contributed by atoms with E-state index >= 15 is 0 Å². The van der Waals surface area contributed by atoms with E-state index in [1.54, 1.807) is 0 Å². The predicted molar refractivity (Wildman–Crippen MR) is 58.4 cm³/mol. The van der Waals surface area contributed by atoms with Gasteiger partial charge in [-0.1, -0.05) is 0 Å². The van der Waals surface area contributed by atoms with Gasteiger partial charge < -0.3 is 0 Å². The van der Waals surface area contributed by atoms with Crippen LogP contribution in [0.1, 0.15) is 10.4 Å². The fraction of sp³-hybridized carbons (Fsp3) is 0.222. The van der Waals surface area contributed by atoms with Gasteiger partial charge in [0.25, 0.3) is 0 Å². The molecule has 0 aliphatic heterocycles. The van der Waals surface area contributed by atoms with Crippen molar-refractivity contribution in [1.29, 1.82) is 0 Å². The van der Waals surface area contributed by atoms with Crippen molar-refractivity contribution in [3.63, 3.8) is 0 Å². The Kier molecular flexibility index (Phi) is 3.07. The molecule has 0 amide bonds. The Bertz CT molecular complexity index is 489. The van der Waals surface area contributed by atoms with Gasteiger partial charge in [-0.05, 0) is 27.4 Å². The average molecular weight is 311 g/mol. The lowest BCUT2D eigenvalue weighted by Crippen LogP contribution is -2.03. The zero-order chi connectivity index (χ0) is 11.8. The highest BCUT2D eigenvalue weighted by Gasteiger charge is 2.32. The molecule has 0 N–H and O–H groups in total. The van der Waals surface area contributed by atoms with E-state index in [2.05, 4.69) is 21.0 Å². The van der Waals surface area contributed by atoms with Crippen LogP contribution in [0.25, 0.3) is 0 Å². The van der Waals surface area contributed by atoms with Crippen molar-refractivity contribution in [2.45, 2.75) is 12.7 Å². The molecule has 2 aromatic heterocycles. The number of aromatic nitrogens is 2. The summed E-state index contributed by atoms with van der Waals surface area (Å²) in [6.07, 6.45) is -2.49. The number of rotatable bonds is 2. The second-order valence-corrected chi connectivity index (χ2v) is 4.97. The van der Waals surface area contributed by atoms with E-state index in [1.807, 2.05) is 11.4 Å². The molecule has 0 radical (unpaired) electrons. The van der Waals surface area contributed by atoms with Crippen LogP contribution in [0.3, 0.4) is 0 Å². The molecule has 0 fully saturated rings. The number of alkyl halides is 3. The van der Waals surface area contributed by atoms with Crippen molar-refractivity contribution in [2.24, 2.45) is 0 Å². The maximum Gasteiger partial charge on any atom is 0.419 e. The summed E-state index contributed by atoms with van der Waals surface area (Å²) >= 11 is 4.79. The Labute approximate surface area is 102 Å². The molecule has 0 unspecified atom stereocenters. The standard InChI is InChI=1S/C9H6BrF3N2S/c10-7-1-2-16-8(7)5-15-4-6(3-14-15)9(11,12)13/h1-4H,5H2. The summed E-state index contributed by atoms with van der Waals surface area (Å²) in [6.45, 7) is 0.342. The summed E-state index contributed by atoms with van der Waals surface area (Å²) in [5.41, 5.74) is -0.722. The van der Waals surface area contributed by atoms with Gasteiger partial charge in [-0.2, -0.15) is 18.3 Å². The van der Waals surface area contributed by atoms with Crippen LogP contribution >= 0.6 is 27.3 Å². The minimum absolute atomic E-state index is 0.342. The first-order valence-electron chi connectivity index (χ1n) is 4.28. The van der Waals surface area contributed by atoms with Crippen molar-refractivity contribution >= 4 is 27.3 Å². The Morgan fingerprint density at radius 3 is 2.69 bits per heavy atom. The average Bonchev–Trinajstić information content (AvgIpc) is 2.76. The molecule has 7 heteroatoms. The molecule has 0 saturated heterocycles. The molecule has 0 saturated carbocycles. The van der Waals surface area contributed by atoms with Crippen LogP contribution in [-0.2, 0) is 12.7 Å². The van der Waals surface area contributed by atoms with Gasteiger partial charge in [-0.15, -0.1) is 11.3 Å². The summed E-state index contributed by atoms with van der Waals surface area (Å²) in [6, 6.07) is 1.86. The van der Waals surface area contributed by atoms with Crippen molar-refractivity contribution in [3.8, 4) is 0 Å². The van der Waals surface area contributed by atoms with Crippen LogP contribution in [0.5, 0.6) is 0 Å². The first-order chi connectivity index (χ1) is 7.47. The van der Waals surface area contributed by atoms with Gasteiger partial charge >= 0.3 is 6.18 Å². The first-order valence-corrected chi connectivity index (χ1v) is 5.95. The molecule has 2 heterocycles. The smallest absolute Gasteiger partial charge is 0.267 e. The van der Waals surface area contributed by atoms with E-state index in [0.29, 0.717) is 6.54 Å². The van der Waals surface area contributed by atoms with Crippen LogP contribution in [0.15, 0.2) is 28.3 Å². The predicted octanol–water partition coefficient (Wildman–Crippen LogP) is 3.77. The fourth-order valence-corrected chi connectivity index (χ4v) is 2.65. The minimum Gasteiger partial charge on any atom is -0.267 e. The van der Waals surface area contributed by atoms with E-state index in [1.165, 1.54) is 16.0 Å². The molecular formula is C9H6BrF3N2S. The summed E-state index contributed by atoms with van der Waals surface area (Å²) in [5.74, 6) is 0. The SMILES string of the molecule is FC(F)(F)c1cnn(Cc2sccc2Br)c1. The van der Waals surface area contributed by atoms with E-state index < -0.39 is 11.7 Å². The van der Waals surface area contributed by atoms with Crippen molar-refractivity contribution in [3.05, 3.63) is 38.8 Å². The number of hydrogen-bond donors (Lipinski definition) is 0. The first kappa shape index (κ1) is 11.7. The van der Waals surface area contributed by atoms with Crippen molar-refractivity contribution in [2.75, 3.05) is 0 Å². The van der Waals surface area contributed by atoms with E-state index in [4.69, 9.17) is 0 Å². The van der Waals surface area contributed by atoms with E-state index in [0.717, 1.165) is 21.7 Å². The van der Waals surface area contributed by atoms with Gasteiger partial charge in [0.15, 0.2) is 0 Å². The molecule has 2 aromatic rings. The molecule has 2 rings (SSSR count). The highest BCUT2D eigenvalue weighted by Crippen LogP contribution is 2.29. The Morgan fingerprint density at radius 1 is 1.44 bits per heavy atom. The zero-order valence-corrected chi connectivity index (χ0v) is 10.2. The zero-order valence-electron chi connectivity index (χ0n) is 7.83. The van der Waals surface area contributed by atoms with Gasteiger partial charge in [0.2, 0.25) is 0 Å². The van der Waals surface area contributed by atoms with Gasteiger partial charge in [0, 0.05) is 15.5 Å². The normalized spacial score (nSPS) is 12.0. The number of halogens is 4. The molecular weight excluding hydrogens is 305 g/mol. The highest BCUT2D eigenvalue weighted by molar-refractivity contribution is 9.10. The fourth-order valence-electron chi connectivity index (χ4n) is 1.18. The Morgan fingerprint density at radius 2 is 2.19 bits per heavy atom. The van der Waals surface area contributed by atoms with Crippen LogP contribution in [0.2, 0.25) is 0 Å². The maximum atomic E-state index is 12.3. The summed E-state index contributed by atoms with van der Waals surface area (Å²) < 4.78 is 39.1. The molecule has 0 aromatic carbocycles. The highest BCUT2D eigenvalue weighted by atomic mass is 79.9. The van der Waals surface area contributed by atoms with E-state index in [-0.39, 0.29) is 0 Å². The van der Waals surface area contributed by atoms with Crippen LogP contribution in [0.4, 0.5) is 13.2 Å². The number of nitrogens with zero attached hydrogens (tertiary/aromatic N) is 2. The topological polar surface area (TPSA) is 17.8 Å². The summed E-state index contributed by atoms with van der Waals surface area (Å²) in [7, 11) is 0. The largest absolute Gasteiger partial charge is 0.419 e. The molecule has 0 aliphatic rings. The lowest BCUT2D eigenvalue weighted by atomic mass is 10.3.